The molecule has 9 heteroatoms. The van der Waals surface area contributed by atoms with Crippen molar-refractivity contribution in [1.82, 2.24) is 4.98 Å². The molecule has 0 spiro atoms. The van der Waals surface area contributed by atoms with Crippen LogP contribution in [0.25, 0.3) is 0 Å². The first kappa shape index (κ1) is 17.4. The highest BCUT2D eigenvalue weighted by atomic mass is 32.1. The minimum Gasteiger partial charge on any atom is -0.461 e. The summed E-state index contributed by atoms with van der Waals surface area (Å²) in [6.45, 7) is 2.67. The Balaban J connectivity index is 2.96. The predicted octanol–water partition coefficient (Wildman–Crippen LogP) is 2.91. The number of halogens is 3. The van der Waals surface area contributed by atoms with Gasteiger partial charge in [0.1, 0.15) is 4.88 Å². The zero-order valence-electron chi connectivity index (χ0n) is 11.8. The molecule has 0 aliphatic heterocycles. The van der Waals surface area contributed by atoms with Crippen LogP contribution in [-0.4, -0.2) is 43.1 Å². The summed E-state index contributed by atoms with van der Waals surface area (Å²) in [4.78, 5) is 28.5. The van der Waals surface area contributed by atoms with Gasteiger partial charge in [-0.15, -0.1) is 0 Å². The lowest BCUT2D eigenvalue weighted by Gasteiger charge is -2.16. The maximum Gasteiger partial charge on any atom is 0.390 e. The van der Waals surface area contributed by atoms with Gasteiger partial charge in [-0.2, -0.15) is 13.2 Å². The maximum atomic E-state index is 12.2. The number of carbonyl (C=O) groups is 2. The number of thiazole rings is 1. The fourth-order valence-corrected chi connectivity index (χ4v) is 2.37. The van der Waals surface area contributed by atoms with Crippen LogP contribution in [0.1, 0.15) is 40.4 Å². The number of esters is 1. The molecule has 0 amide bonds. The van der Waals surface area contributed by atoms with Gasteiger partial charge in [0, 0.05) is 20.5 Å². The molecule has 0 aromatic carbocycles. The predicted molar refractivity (Wildman–Crippen MR) is 72.0 cm³/mol. The number of nitrogens with zero attached hydrogens (tertiary/aromatic N) is 2. The number of aromatic nitrogens is 1. The van der Waals surface area contributed by atoms with Crippen molar-refractivity contribution in [2.45, 2.75) is 26.4 Å². The van der Waals surface area contributed by atoms with Crippen molar-refractivity contribution in [1.29, 1.82) is 0 Å². The summed E-state index contributed by atoms with van der Waals surface area (Å²) in [6.07, 6.45) is -5.29. The molecule has 0 atom stereocenters. The van der Waals surface area contributed by atoms with Crippen LogP contribution >= 0.6 is 11.3 Å². The molecular weight excluding hydrogens is 309 g/mol. The highest BCUT2D eigenvalue weighted by molar-refractivity contribution is 7.17. The van der Waals surface area contributed by atoms with Gasteiger partial charge in [-0.25, -0.2) is 9.78 Å². The highest BCUT2D eigenvalue weighted by Crippen LogP contribution is 2.28. The van der Waals surface area contributed by atoms with E-state index in [2.05, 4.69) is 4.98 Å². The van der Waals surface area contributed by atoms with Gasteiger partial charge in [0.05, 0.1) is 13.0 Å². The normalized spacial score (nSPS) is 11.3. The first-order valence-electron chi connectivity index (χ1n) is 6.12. The van der Waals surface area contributed by atoms with E-state index in [1.54, 1.807) is 6.92 Å². The first-order valence-corrected chi connectivity index (χ1v) is 6.94. The van der Waals surface area contributed by atoms with Crippen LogP contribution in [-0.2, 0) is 4.74 Å². The average Bonchev–Trinajstić information content (AvgIpc) is 2.80. The van der Waals surface area contributed by atoms with Crippen LogP contribution in [0.2, 0.25) is 0 Å². The van der Waals surface area contributed by atoms with Crippen LogP contribution < -0.4 is 4.90 Å². The number of hydrogen-bond donors (Lipinski definition) is 0. The number of rotatable bonds is 6. The molecule has 5 nitrogen and oxygen atoms in total. The van der Waals surface area contributed by atoms with Gasteiger partial charge in [0.2, 0.25) is 0 Å². The van der Waals surface area contributed by atoms with E-state index in [9.17, 15) is 22.8 Å². The molecule has 0 fully saturated rings. The number of carbonyl (C=O) groups excluding carboxylic acids is 2. The zero-order chi connectivity index (χ0) is 16.2. The van der Waals surface area contributed by atoms with E-state index in [0.717, 1.165) is 11.3 Å². The Labute approximate surface area is 123 Å². The minimum absolute atomic E-state index is 0.0855. The van der Waals surface area contributed by atoms with Crippen molar-refractivity contribution in [3.63, 3.8) is 0 Å². The number of Topliss-reactive ketones (excluding diaryl/α,β-unsaturated/α-hetero) is 1. The Kier molecular flexibility index (Phi) is 5.70. The molecule has 0 radical (unpaired) electrons. The SMILES string of the molecule is CCOC(=O)c1nc(N(C)CCC(F)(F)F)sc1C(C)=O. The third-order valence-corrected chi connectivity index (χ3v) is 3.73. The van der Waals surface area contributed by atoms with Gasteiger partial charge >= 0.3 is 12.1 Å². The number of anilines is 1. The Morgan fingerprint density at radius 1 is 1.38 bits per heavy atom. The van der Waals surface area contributed by atoms with Gasteiger partial charge in [0.15, 0.2) is 16.6 Å². The Morgan fingerprint density at radius 3 is 2.48 bits per heavy atom. The molecule has 1 heterocycles. The van der Waals surface area contributed by atoms with Crippen LogP contribution in [0.5, 0.6) is 0 Å². The van der Waals surface area contributed by atoms with Crippen LogP contribution in [0.3, 0.4) is 0 Å². The Hall–Kier alpha value is -1.64. The molecule has 0 saturated heterocycles. The maximum absolute atomic E-state index is 12.2. The summed E-state index contributed by atoms with van der Waals surface area (Å²) in [7, 11) is 1.42. The lowest BCUT2D eigenvalue weighted by atomic mass is 10.3. The van der Waals surface area contributed by atoms with Gasteiger partial charge in [-0.3, -0.25) is 4.79 Å². The summed E-state index contributed by atoms with van der Waals surface area (Å²) in [5, 5.41) is 0.174. The lowest BCUT2D eigenvalue weighted by molar-refractivity contribution is -0.132. The number of ketones is 1. The molecule has 0 N–H and O–H groups in total. The molecule has 1 aromatic rings. The largest absolute Gasteiger partial charge is 0.461 e. The second kappa shape index (κ2) is 6.88. The molecule has 1 rings (SSSR count). The third kappa shape index (κ3) is 5.00. The number of hydrogen-bond acceptors (Lipinski definition) is 6. The Bertz CT molecular complexity index is 528. The fraction of sp³-hybridized carbons (Fsp3) is 0.583. The third-order valence-electron chi connectivity index (χ3n) is 2.46. The molecule has 0 saturated carbocycles. The number of alkyl halides is 3. The van der Waals surface area contributed by atoms with Crippen LogP contribution in [0, 0.1) is 0 Å². The monoisotopic (exact) mass is 324 g/mol. The fourth-order valence-electron chi connectivity index (χ4n) is 1.44. The summed E-state index contributed by atoms with van der Waals surface area (Å²) >= 11 is 0.878. The van der Waals surface area contributed by atoms with E-state index in [1.807, 2.05) is 0 Å². The standard InChI is InChI=1S/C12H15F3N2O3S/c1-4-20-10(19)8-9(7(2)18)21-11(16-8)17(3)6-5-12(13,14)15/h4-6H2,1-3H3. The lowest BCUT2D eigenvalue weighted by Crippen LogP contribution is -2.24. The van der Waals surface area contributed by atoms with Crippen molar-refractivity contribution in [3.8, 4) is 0 Å². The van der Waals surface area contributed by atoms with Gasteiger partial charge < -0.3 is 9.64 Å². The molecule has 0 unspecified atom stereocenters. The van der Waals surface area contributed by atoms with Gasteiger partial charge in [-0.1, -0.05) is 11.3 Å². The van der Waals surface area contributed by atoms with E-state index in [4.69, 9.17) is 4.74 Å². The van der Waals surface area contributed by atoms with E-state index in [1.165, 1.54) is 18.9 Å². The van der Waals surface area contributed by atoms with Crippen molar-refractivity contribution < 1.29 is 27.5 Å². The Morgan fingerprint density at radius 2 is 2.00 bits per heavy atom. The summed E-state index contributed by atoms with van der Waals surface area (Å²) in [5.41, 5.74) is -0.150. The van der Waals surface area contributed by atoms with Gasteiger partial charge in [-0.05, 0) is 6.92 Å². The topological polar surface area (TPSA) is 59.5 Å². The first-order chi connectivity index (χ1) is 9.65. The zero-order valence-corrected chi connectivity index (χ0v) is 12.6. The van der Waals surface area contributed by atoms with E-state index >= 15 is 0 Å². The molecule has 0 aliphatic rings. The molecular formula is C12H15F3N2O3S. The van der Waals surface area contributed by atoms with Crippen LogP contribution in [0.15, 0.2) is 0 Å². The van der Waals surface area contributed by atoms with Crippen molar-refractivity contribution >= 4 is 28.2 Å². The summed E-state index contributed by atoms with van der Waals surface area (Å²) < 4.78 is 41.4. The van der Waals surface area contributed by atoms with Crippen molar-refractivity contribution in [2.24, 2.45) is 0 Å². The molecule has 0 bridgehead atoms. The smallest absolute Gasteiger partial charge is 0.390 e. The van der Waals surface area contributed by atoms with E-state index < -0.39 is 18.6 Å². The summed E-state index contributed by atoms with van der Waals surface area (Å²) in [6, 6.07) is 0. The molecule has 118 valence electrons. The second-order valence-corrected chi connectivity index (χ2v) is 5.22. The molecule has 21 heavy (non-hydrogen) atoms. The van der Waals surface area contributed by atoms with Crippen molar-refractivity contribution in [2.75, 3.05) is 25.1 Å². The van der Waals surface area contributed by atoms with E-state index in [-0.39, 0.29) is 34.6 Å². The number of ether oxygens (including phenoxy) is 1. The average molecular weight is 324 g/mol. The van der Waals surface area contributed by atoms with E-state index in [0.29, 0.717) is 0 Å². The highest BCUT2D eigenvalue weighted by Gasteiger charge is 2.29. The quantitative estimate of drug-likeness (QED) is 0.595. The van der Waals surface area contributed by atoms with Gasteiger partial charge in [0.25, 0.3) is 0 Å². The van der Waals surface area contributed by atoms with Crippen LogP contribution in [0.4, 0.5) is 18.3 Å². The minimum atomic E-state index is -4.28. The molecule has 1 aromatic heterocycles. The summed E-state index contributed by atoms with van der Waals surface area (Å²) in [5.74, 6) is -1.14. The second-order valence-electron chi connectivity index (χ2n) is 4.24. The van der Waals surface area contributed by atoms with Crippen molar-refractivity contribution in [3.05, 3.63) is 10.6 Å². The molecule has 0 aliphatic carbocycles.